The minimum Gasteiger partial charge on any atom is -0.0792 e. The summed E-state index contributed by atoms with van der Waals surface area (Å²) < 4.78 is 0. The Kier molecular flexibility index (Phi) is 2.14. The van der Waals surface area contributed by atoms with Crippen molar-refractivity contribution in [3.05, 3.63) is 76.9 Å². The fourth-order valence-electron chi connectivity index (χ4n) is 2.54. The van der Waals surface area contributed by atoms with Crippen LogP contribution in [0.15, 0.2) is 54.6 Å². The molecule has 1 aliphatic carbocycles. The third kappa shape index (κ3) is 1.30. The van der Waals surface area contributed by atoms with Gasteiger partial charge in [0.05, 0.1) is 0 Å². The summed E-state index contributed by atoms with van der Waals surface area (Å²) in [4.78, 5) is 0. The van der Waals surface area contributed by atoms with Crippen molar-refractivity contribution in [3.8, 4) is 0 Å². The van der Waals surface area contributed by atoms with Crippen LogP contribution in [0.5, 0.6) is 0 Å². The molecule has 3 rings (SSSR count). The van der Waals surface area contributed by atoms with Crippen LogP contribution in [0.4, 0.5) is 0 Å². The van der Waals surface area contributed by atoms with Crippen molar-refractivity contribution in [1.82, 2.24) is 0 Å². The second kappa shape index (κ2) is 3.64. The first-order chi connectivity index (χ1) is 7.90. The number of hydrogen-bond donors (Lipinski definition) is 0. The fraction of sp³-hybridized carbons (Fsp3) is 0.125. The van der Waals surface area contributed by atoms with E-state index in [0.29, 0.717) is 0 Å². The van der Waals surface area contributed by atoms with Gasteiger partial charge in [-0.2, -0.15) is 0 Å². The van der Waals surface area contributed by atoms with E-state index < -0.39 is 0 Å². The maximum absolute atomic E-state index is 2.23. The topological polar surface area (TPSA) is 0 Å². The second-order valence-electron chi connectivity index (χ2n) is 4.19. The molecule has 1 aliphatic rings. The lowest BCUT2D eigenvalue weighted by molar-refractivity contribution is 1.14. The Morgan fingerprint density at radius 3 is 1.81 bits per heavy atom. The molecule has 2 aromatic carbocycles. The normalized spacial score (nSPS) is 12.9. The summed E-state index contributed by atoms with van der Waals surface area (Å²) >= 11 is 0. The monoisotopic (exact) mass is 206 g/mol. The lowest BCUT2D eigenvalue weighted by Gasteiger charge is -2.22. The maximum atomic E-state index is 2.23. The molecule has 0 saturated heterocycles. The molecular formula is C16H14. The average Bonchev–Trinajstić information content (AvgIpc) is 2.36. The van der Waals surface area contributed by atoms with Crippen molar-refractivity contribution < 1.29 is 0 Å². The van der Waals surface area contributed by atoms with Gasteiger partial charge in [0.1, 0.15) is 0 Å². The zero-order valence-electron chi connectivity index (χ0n) is 9.40. The van der Waals surface area contributed by atoms with Gasteiger partial charge in [-0.15, -0.1) is 0 Å². The quantitative estimate of drug-likeness (QED) is 0.520. The summed E-state index contributed by atoms with van der Waals surface area (Å²) in [6.07, 6.45) is 3.28. The standard InChI is InChI=1S/C16H14/c1-2-14-15-9-5-3-7-12(15)11-13-8-4-6-10-16(13)14/h2-10H,11H2,1H3. The Morgan fingerprint density at radius 2 is 1.31 bits per heavy atom. The summed E-state index contributed by atoms with van der Waals surface area (Å²) in [5.74, 6) is 0. The van der Waals surface area contributed by atoms with Gasteiger partial charge < -0.3 is 0 Å². The molecule has 0 atom stereocenters. The smallest absolute Gasteiger partial charge is 0.00135 e. The third-order valence-electron chi connectivity index (χ3n) is 3.28. The molecule has 78 valence electrons. The van der Waals surface area contributed by atoms with E-state index >= 15 is 0 Å². The Morgan fingerprint density at radius 1 is 0.812 bits per heavy atom. The predicted octanol–water partition coefficient (Wildman–Crippen LogP) is 4.04. The van der Waals surface area contributed by atoms with E-state index in [2.05, 4.69) is 61.5 Å². The highest BCUT2D eigenvalue weighted by atomic mass is 14.2. The molecule has 0 heterocycles. The fourth-order valence-corrected chi connectivity index (χ4v) is 2.54. The van der Waals surface area contributed by atoms with E-state index in [0.717, 1.165) is 6.42 Å². The molecule has 2 aromatic rings. The molecule has 0 unspecified atom stereocenters. The van der Waals surface area contributed by atoms with E-state index in [1.54, 1.807) is 0 Å². The molecule has 0 radical (unpaired) electrons. The summed E-state index contributed by atoms with van der Waals surface area (Å²) in [6, 6.07) is 17.4. The van der Waals surface area contributed by atoms with Gasteiger partial charge in [-0.05, 0) is 41.2 Å². The van der Waals surface area contributed by atoms with E-state index in [1.807, 2.05) is 0 Å². The van der Waals surface area contributed by atoms with Crippen LogP contribution in [-0.4, -0.2) is 0 Å². The number of hydrogen-bond acceptors (Lipinski definition) is 0. The van der Waals surface area contributed by atoms with Crippen molar-refractivity contribution in [2.75, 3.05) is 0 Å². The molecule has 16 heavy (non-hydrogen) atoms. The largest absolute Gasteiger partial charge is 0.0792 e. The molecular weight excluding hydrogens is 192 g/mol. The first-order valence-electron chi connectivity index (χ1n) is 5.73. The Labute approximate surface area is 96.3 Å². The average molecular weight is 206 g/mol. The molecule has 0 aliphatic heterocycles. The van der Waals surface area contributed by atoms with Crippen LogP contribution in [0.2, 0.25) is 0 Å². The molecule has 0 nitrogen and oxygen atoms in total. The summed E-state index contributed by atoms with van der Waals surface area (Å²) in [5.41, 5.74) is 7.04. The molecule has 0 heteroatoms. The van der Waals surface area contributed by atoms with Crippen molar-refractivity contribution in [3.63, 3.8) is 0 Å². The van der Waals surface area contributed by atoms with Crippen molar-refractivity contribution >= 4 is 5.57 Å². The second-order valence-corrected chi connectivity index (χ2v) is 4.19. The predicted molar refractivity (Wildman–Crippen MR) is 68.4 cm³/mol. The van der Waals surface area contributed by atoms with E-state index in [1.165, 1.54) is 27.8 Å². The molecule has 0 amide bonds. The van der Waals surface area contributed by atoms with Crippen LogP contribution >= 0.6 is 0 Å². The highest BCUT2D eigenvalue weighted by Gasteiger charge is 2.17. The number of fused-ring (bicyclic) bond motifs is 2. The van der Waals surface area contributed by atoms with E-state index in [4.69, 9.17) is 0 Å². The van der Waals surface area contributed by atoms with Gasteiger partial charge in [0.2, 0.25) is 0 Å². The number of benzene rings is 2. The Balaban J connectivity index is 2.28. The van der Waals surface area contributed by atoms with Crippen LogP contribution < -0.4 is 0 Å². The van der Waals surface area contributed by atoms with Gasteiger partial charge in [0, 0.05) is 0 Å². The molecule has 0 spiro atoms. The van der Waals surface area contributed by atoms with Crippen LogP contribution in [-0.2, 0) is 6.42 Å². The summed E-state index contributed by atoms with van der Waals surface area (Å²) in [7, 11) is 0. The molecule has 0 fully saturated rings. The zero-order chi connectivity index (χ0) is 11.0. The lowest BCUT2D eigenvalue weighted by Crippen LogP contribution is -2.05. The zero-order valence-corrected chi connectivity index (χ0v) is 9.40. The van der Waals surface area contributed by atoms with Gasteiger partial charge >= 0.3 is 0 Å². The van der Waals surface area contributed by atoms with Crippen LogP contribution in [0.1, 0.15) is 29.2 Å². The molecule has 0 bridgehead atoms. The summed E-state index contributed by atoms with van der Waals surface area (Å²) in [5, 5.41) is 0. The Bertz CT molecular complexity index is 514. The van der Waals surface area contributed by atoms with Gasteiger partial charge in [-0.1, -0.05) is 54.6 Å². The van der Waals surface area contributed by atoms with Crippen molar-refractivity contribution in [2.45, 2.75) is 13.3 Å². The SMILES string of the molecule is CC=C1c2ccccc2Cc2ccccc21. The van der Waals surface area contributed by atoms with E-state index in [-0.39, 0.29) is 0 Å². The van der Waals surface area contributed by atoms with E-state index in [9.17, 15) is 0 Å². The first-order valence-corrected chi connectivity index (χ1v) is 5.73. The van der Waals surface area contributed by atoms with Crippen LogP contribution in [0.25, 0.3) is 5.57 Å². The lowest BCUT2D eigenvalue weighted by atomic mass is 9.82. The molecule has 0 N–H and O–H groups in total. The maximum Gasteiger partial charge on any atom is -0.00135 e. The highest BCUT2D eigenvalue weighted by Crippen LogP contribution is 2.35. The van der Waals surface area contributed by atoms with Gasteiger partial charge in [0.15, 0.2) is 0 Å². The number of allylic oxidation sites excluding steroid dienone is 1. The minimum absolute atomic E-state index is 1.06. The highest BCUT2D eigenvalue weighted by molar-refractivity contribution is 5.85. The molecule has 0 saturated carbocycles. The van der Waals surface area contributed by atoms with Gasteiger partial charge in [0.25, 0.3) is 0 Å². The van der Waals surface area contributed by atoms with Crippen LogP contribution in [0.3, 0.4) is 0 Å². The molecule has 0 aromatic heterocycles. The minimum atomic E-state index is 1.06. The number of rotatable bonds is 0. The van der Waals surface area contributed by atoms with Crippen molar-refractivity contribution in [2.24, 2.45) is 0 Å². The van der Waals surface area contributed by atoms with Gasteiger partial charge in [-0.25, -0.2) is 0 Å². The Hall–Kier alpha value is -1.82. The summed E-state index contributed by atoms with van der Waals surface area (Å²) in [6.45, 7) is 2.12. The van der Waals surface area contributed by atoms with Crippen molar-refractivity contribution in [1.29, 1.82) is 0 Å². The third-order valence-corrected chi connectivity index (χ3v) is 3.28. The first kappa shape index (κ1) is 9.41. The van der Waals surface area contributed by atoms with Crippen LogP contribution in [0, 0.1) is 0 Å². The van der Waals surface area contributed by atoms with Gasteiger partial charge in [-0.3, -0.25) is 0 Å².